The molecule has 1 heterocycles. The standard InChI is InChI=1S/C20H20N.F6P/c1-21-18-13-7-5-11-16(18)20(15-9-3-2-4-10-15)17-12-6-8-14-19(17)21;1-7(2,3,4,5)6/h2-5,7,9-11,13H,6,8,12,14H2,1H3;/q+1;-1. The molecule has 0 saturated carbocycles. The van der Waals surface area contributed by atoms with Gasteiger partial charge in [0.25, 0.3) is 0 Å². The Balaban J connectivity index is 0.000000279. The average Bonchev–Trinajstić information content (AvgIpc) is 2.60. The summed E-state index contributed by atoms with van der Waals surface area (Å²) in [5.41, 5.74) is 7.25. The minimum absolute atomic E-state index is 1.20. The van der Waals surface area contributed by atoms with E-state index in [9.17, 15) is 25.2 Å². The van der Waals surface area contributed by atoms with Gasteiger partial charge in [0.15, 0.2) is 5.69 Å². The Labute approximate surface area is 158 Å². The molecule has 1 aromatic heterocycles. The Hall–Kier alpha value is -2.14. The summed E-state index contributed by atoms with van der Waals surface area (Å²) in [5.74, 6) is 0. The molecule has 2 aromatic carbocycles. The van der Waals surface area contributed by atoms with Gasteiger partial charge in [0, 0.05) is 23.6 Å². The number of aryl methyl sites for hydroxylation is 1. The predicted molar refractivity (Wildman–Crippen MR) is 101 cm³/mol. The quantitative estimate of drug-likeness (QED) is 0.217. The Morgan fingerprint density at radius 3 is 1.93 bits per heavy atom. The molecule has 0 spiro atoms. The summed E-state index contributed by atoms with van der Waals surface area (Å²) < 4.78 is 61.6. The van der Waals surface area contributed by atoms with Gasteiger partial charge in [-0.05, 0) is 30.9 Å². The fourth-order valence-corrected chi connectivity index (χ4v) is 3.75. The third-order valence-corrected chi connectivity index (χ3v) is 4.74. The first-order valence-corrected chi connectivity index (χ1v) is 10.9. The van der Waals surface area contributed by atoms with Gasteiger partial charge in [-0.25, -0.2) is 0 Å². The van der Waals surface area contributed by atoms with Crippen LogP contribution in [0.3, 0.4) is 0 Å². The van der Waals surface area contributed by atoms with Gasteiger partial charge in [0.05, 0.1) is 5.39 Å². The van der Waals surface area contributed by atoms with Crippen molar-refractivity contribution in [1.29, 1.82) is 0 Å². The third-order valence-electron chi connectivity index (χ3n) is 4.74. The molecular weight excluding hydrogens is 399 g/mol. The summed E-state index contributed by atoms with van der Waals surface area (Å²) in [5, 5.41) is 1.38. The molecule has 0 aliphatic heterocycles. The van der Waals surface area contributed by atoms with E-state index in [0.717, 1.165) is 0 Å². The number of pyridine rings is 1. The van der Waals surface area contributed by atoms with Crippen LogP contribution in [0, 0.1) is 0 Å². The number of nitrogens with zero attached hydrogens (tertiary/aromatic N) is 1. The van der Waals surface area contributed by atoms with Crippen molar-refractivity contribution in [3.63, 3.8) is 0 Å². The first-order valence-electron chi connectivity index (χ1n) is 8.85. The van der Waals surface area contributed by atoms with Crippen LogP contribution in [-0.2, 0) is 19.9 Å². The molecule has 0 bridgehead atoms. The molecule has 1 nitrogen and oxygen atoms in total. The Morgan fingerprint density at radius 1 is 0.750 bits per heavy atom. The summed E-state index contributed by atoms with van der Waals surface area (Å²) in [4.78, 5) is 0. The van der Waals surface area contributed by atoms with E-state index in [2.05, 4.69) is 66.2 Å². The van der Waals surface area contributed by atoms with E-state index in [-0.39, 0.29) is 0 Å². The number of halogens is 6. The number of rotatable bonds is 1. The molecule has 152 valence electrons. The Morgan fingerprint density at radius 2 is 1.29 bits per heavy atom. The first-order chi connectivity index (χ1) is 12.8. The van der Waals surface area contributed by atoms with Crippen molar-refractivity contribution >= 4 is 18.7 Å². The first kappa shape index (κ1) is 20.6. The zero-order valence-corrected chi connectivity index (χ0v) is 16.1. The van der Waals surface area contributed by atoms with Crippen LogP contribution in [0.1, 0.15) is 24.1 Å². The number of hydrogen-bond donors (Lipinski definition) is 0. The zero-order valence-electron chi connectivity index (χ0n) is 15.2. The summed E-state index contributed by atoms with van der Waals surface area (Å²) in [7, 11) is -8.43. The summed E-state index contributed by atoms with van der Waals surface area (Å²) in [6, 6.07) is 19.7. The molecule has 0 unspecified atom stereocenters. The second-order valence-corrected chi connectivity index (χ2v) is 8.82. The van der Waals surface area contributed by atoms with Gasteiger partial charge < -0.3 is 0 Å². The van der Waals surface area contributed by atoms with Crippen LogP contribution in [0.5, 0.6) is 0 Å². The van der Waals surface area contributed by atoms with Crippen LogP contribution >= 0.6 is 7.81 Å². The number of hydrogen-bond acceptors (Lipinski definition) is 0. The monoisotopic (exact) mass is 419 g/mol. The van der Waals surface area contributed by atoms with Gasteiger partial charge in [0.1, 0.15) is 7.05 Å². The summed E-state index contributed by atoms with van der Waals surface area (Å²) >= 11 is 0. The van der Waals surface area contributed by atoms with Gasteiger partial charge >= 0.3 is 33.0 Å². The molecule has 28 heavy (non-hydrogen) atoms. The van der Waals surface area contributed by atoms with Gasteiger partial charge in [-0.1, -0.05) is 42.5 Å². The molecule has 0 atom stereocenters. The van der Waals surface area contributed by atoms with Gasteiger partial charge in [0.2, 0.25) is 5.52 Å². The Kier molecular flexibility index (Phi) is 4.74. The zero-order chi connectivity index (χ0) is 20.6. The second-order valence-electron chi connectivity index (χ2n) is 6.91. The SMILES string of the molecule is C[n+]1c2c(c(-c3ccccc3)c3ccccc31)CCCC2.F[P-](F)(F)(F)(F)F. The number of para-hydroxylation sites is 1. The van der Waals surface area contributed by atoms with E-state index in [1.54, 1.807) is 5.56 Å². The fraction of sp³-hybridized carbons (Fsp3) is 0.250. The molecule has 3 aromatic rings. The predicted octanol–water partition coefficient (Wildman–Crippen LogP) is 7.59. The van der Waals surface area contributed by atoms with E-state index in [1.807, 2.05) is 0 Å². The van der Waals surface area contributed by atoms with E-state index in [1.165, 1.54) is 53.4 Å². The Bertz CT molecular complexity index is 1000. The van der Waals surface area contributed by atoms with E-state index in [0.29, 0.717) is 0 Å². The third kappa shape index (κ3) is 5.44. The molecular formula is C20H20F6NP. The molecule has 0 amide bonds. The van der Waals surface area contributed by atoms with Crippen LogP contribution in [0.15, 0.2) is 54.6 Å². The van der Waals surface area contributed by atoms with Crippen molar-refractivity contribution in [2.45, 2.75) is 25.7 Å². The van der Waals surface area contributed by atoms with Gasteiger partial charge in [-0.2, -0.15) is 4.57 Å². The van der Waals surface area contributed by atoms with E-state index in [4.69, 9.17) is 0 Å². The van der Waals surface area contributed by atoms with Gasteiger partial charge in [-0.15, -0.1) is 0 Å². The molecule has 0 N–H and O–H groups in total. The maximum absolute atomic E-state index is 10.7. The van der Waals surface area contributed by atoms with Crippen LogP contribution in [0.4, 0.5) is 25.2 Å². The maximum atomic E-state index is 9.87. The van der Waals surface area contributed by atoms with Crippen molar-refractivity contribution in [2.24, 2.45) is 7.05 Å². The van der Waals surface area contributed by atoms with Crippen LogP contribution in [0.2, 0.25) is 0 Å². The fourth-order valence-electron chi connectivity index (χ4n) is 3.75. The van der Waals surface area contributed by atoms with E-state index >= 15 is 0 Å². The number of aromatic nitrogens is 1. The normalized spacial score (nSPS) is 16.4. The molecule has 0 fully saturated rings. The van der Waals surface area contributed by atoms with Crippen LogP contribution in [0.25, 0.3) is 22.0 Å². The molecule has 8 heteroatoms. The molecule has 1 aliphatic rings. The van der Waals surface area contributed by atoms with Crippen molar-refractivity contribution in [1.82, 2.24) is 0 Å². The van der Waals surface area contributed by atoms with Crippen molar-refractivity contribution in [3.8, 4) is 11.1 Å². The van der Waals surface area contributed by atoms with Crippen LogP contribution < -0.4 is 4.57 Å². The molecule has 0 saturated heterocycles. The van der Waals surface area contributed by atoms with Crippen molar-refractivity contribution in [3.05, 3.63) is 65.9 Å². The number of fused-ring (bicyclic) bond motifs is 2. The molecule has 4 rings (SSSR count). The summed E-state index contributed by atoms with van der Waals surface area (Å²) in [6.07, 6.45) is 5.04. The average molecular weight is 419 g/mol. The number of benzene rings is 2. The van der Waals surface area contributed by atoms with E-state index < -0.39 is 7.81 Å². The summed E-state index contributed by atoms with van der Waals surface area (Å²) in [6.45, 7) is 0. The molecule has 1 aliphatic carbocycles. The van der Waals surface area contributed by atoms with Crippen LogP contribution in [-0.4, -0.2) is 0 Å². The topological polar surface area (TPSA) is 3.88 Å². The van der Waals surface area contributed by atoms with Crippen molar-refractivity contribution < 1.29 is 29.7 Å². The molecule has 0 radical (unpaired) electrons. The van der Waals surface area contributed by atoms with Crippen molar-refractivity contribution in [2.75, 3.05) is 0 Å². The second kappa shape index (κ2) is 6.45. The minimum atomic E-state index is -10.7. The van der Waals surface area contributed by atoms with Gasteiger partial charge in [-0.3, -0.25) is 0 Å².